The monoisotopic (exact) mass is 861 g/mol. The summed E-state index contributed by atoms with van der Waals surface area (Å²) in [6, 6.07) is 74.5. The third kappa shape index (κ3) is 6.72. The van der Waals surface area contributed by atoms with E-state index in [0.717, 1.165) is 42.1 Å². The molecule has 12 rings (SSSR count). The molecule has 0 amide bonds. The molecule has 0 fully saturated rings. The van der Waals surface area contributed by atoms with E-state index in [0.29, 0.717) is 12.8 Å². The molecule has 1 aliphatic carbocycles. The van der Waals surface area contributed by atoms with Gasteiger partial charge in [-0.1, -0.05) is 176 Å². The molecule has 0 saturated heterocycles. The highest BCUT2D eigenvalue weighted by molar-refractivity contribution is 7.22. The van der Waals surface area contributed by atoms with Gasteiger partial charge in [-0.25, -0.2) is 0 Å². The molecule has 7 aromatic carbocycles. The maximum atomic E-state index is 15.3. The van der Waals surface area contributed by atoms with Gasteiger partial charge in [0.05, 0.1) is 4.88 Å². The molecule has 2 nitrogen and oxygen atoms in total. The number of rotatable bonds is 5. The molecular weight excluding hydrogens is 823 g/mol. The zero-order chi connectivity index (χ0) is 41.9. The first kappa shape index (κ1) is 37.8. The van der Waals surface area contributed by atoms with E-state index >= 15 is 4.79 Å². The van der Waals surface area contributed by atoms with Crippen molar-refractivity contribution in [3.8, 4) is 75.8 Å². The van der Waals surface area contributed by atoms with Crippen molar-refractivity contribution in [2.24, 2.45) is 5.92 Å². The van der Waals surface area contributed by atoms with Crippen LogP contribution in [0.25, 0.3) is 75.8 Å². The molecule has 63 heavy (non-hydrogen) atoms. The number of hydrogen-bond donors (Lipinski definition) is 0. The van der Waals surface area contributed by atoms with Gasteiger partial charge in [0.1, 0.15) is 10.0 Å². The van der Waals surface area contributed by atoms with Crippen molar-refractivity contribution in [1.29, 1.82) is 0 Å². The average Bonchev–Trinajstić information content (AvgIpc) is 4.10. The average molecular weight is 862 g/mol. The quantitative estimate of drug-likeness (QED) is 0.172. The van der Waals surface area contributed by atoms with Crippen LogP contribution in [0.5, 0.6) is 0 Å². The first-order chi connectivity index (χ1) is 31.1. The Morgan fingerprint density at radius 3 is 1.41 bits per heavy atom. The molecule has 1 unspecified atom stereocenters. The van der Waals surface area contributed by atoms with Gasteiger partial charge in [0.25, 0.3) is 0 Å². The maximum Gasteiger partial charge on any atom is 0.177 e. The summed E-state index contributed by atoms with van der Waals surface area (Å²) in [5.41, 5.74) is 16.3. The van der Waals surface area contributed by atoms with E-state index in [1.54, 1.807) is 11.3 Å². The first-order valence-corrected chi connectivity index (χ1v) is 23.9. The van der Waals surface area contributed by atoms with Crippen LogP contribution in [0.4, 0.5) is 15.7 Å². The smallest absolute Gasteiger partial charge is 0.177 e. The van der Waals surface area contributed by atoms with Crippen LogP contribution in [-0.4, -0.2) is 5.78 Å². The Bertz CT molecular complexity index is 3290. The van der Waals surface area contributed by atoms with Crippen molar-refractivity contribution >= 4 is 55.5 Å². The number of carbonyl (C=O) groups excluding carboxylic acids is 1. The van der Waals surface area contributed by atoms with Crippen LogP contribution < -0.4 is 4.90 Å². The van der Waals surface area contributed by atoms with Gasteiger partial charge in [-0.2, -0.15) is 0 Å². The van der Waals surface area contributed by atoms with E-state index in [2.05, 4.69) is 211 Å². The normalized spacial score (nSPS) is 14.1. The Morgan fingerprint density at radius 2 is 0.825 bits per heavy atom. The van der Waals surface area contributed by atoms with Crippen LogP contribution in [0.3, 0.4) is 0 Å². The number of benzene rings is 7. The molecule has 3 aromatic heterocycles. The fourth-order valence-corrected chi connectivity index (χ4v) is 13.1. The van der Waals surface area contributed by atoms with Gasteiger partial charge in [-0.05, 0) is 98.8 Å². The fourth-order valence-electron chi connectivity index (χ4n) is 9.48. The van der Waals surface area contributed by atoms with Crippen LogP contribution in [-0.2, 0) is 12.8 Å². The van der Waals surface area contributed by atoms with Crippen LogP contribution in [0, 0.1) is 5.92 Å². The minimum atomic E-state index is -0.248. The number of thiophene rings is 3. The third-order valence-corrected chi connectivity index (χ3v) is 16.1. The lowest BCUT2D eigenvalue weighted by molar-refractivity contribution is 0.0924. The van der Waals surface area contributed by atoms with Crippen molar-refractivity contribution in [2.45, 2.75) is 12.8 Å². The second-order valence-corrected chi connectivity index (χ2v) is 19.4. The molecule has 0 spiro atoms. The van der Waals surface area contributed by atoms with Gasteiger partial charge in [0.15, 0.2) is 5.78 Å². The van der Waals surface area contributed by atoms with E-state index in [4.69, 9.17) is 0 Å². The summed E-state index contributed by atoms with van der Waals surface area (Å²) in [5.74, 6) is -0.0145. The molecule has 300 valence electrons. The Morgan fingerprint density at radius 1 is 0.381 bits per heavy atom. The second-order valence-electron chi connectivity index (χ2n) is 16.3. The maximum absolute atomic E-state index is 15.3. The SMILES string of the molecule is O=C1c2sc(-c3ccccc3)cc2-c2cccc3c2CC1Cc1ccccc1-c1cc(-c2ccccc2)sc1N(c1ccc(-c2ccccc2)cc1)c1sc(-c2ccccc2)cc1-3. The molecule has 5 heteroatoms. The number of Topliss-reactive ketones (excluding diaryl/α,β-unsaturated/α-hetero) is 1. The summed E-state index contributed by atoms with van der Waals surface area (Å²) < 4.78 is 0. The van der Waals surface area contributed by atoms with Crippen LogP contribution in [0.15, 0.2) is 206 Å². The number of nitrogens with zero attached hydrogens (tertiary/aromatic N) is 1. The number of ketones is 1. The van der Waals surface area contributed by atoms with Crippen LogP contribution >= 0.6 is 34.0 Å². The van der Waals surface area contributed by atoms with E-state index < -0.39 is 0 Å². The van der Waals surface area contributed by atoms with Crippen LogP contribution in [0.2, 0.25) is 0 Å². The summed E-state index contributed by atoms with van der Waals surface area (Å²) in [5, 5.41) is 2.30. The number of carbonyl (C=O) groups is 1. The van der Waals surface area contributed by atoms with Gasteiger partial charge in [0, 0.05) is 42.9 Å². The van der Waals surface area contributed by atoms with Crippen LogP contribution in [0.1, 0.15) is 20.8 Å². The third-order valence-electron chi connectivity index (χ3n) is 12.5. The Kier molecular flexibility index (Phi) is 9.48. The van der Waals surface area contributed by atoms with Crippen molar-refractivity contribution in [2.75, 3.05) is 4.90 Å². The lowest BCUT2D eigenvalue weighted by atomic mass is 9.84. The lowest BCUT2D eigenvalue weighted by Gasteiger charge is -2.28. The summed E-state index contributed by atoms with van der Waals surface area (Å²) in [4.78, 5) is 22.2. The molecule has 0 saturated carbocycles. The lowest BCUT2D eigenvalue weighted by Crippen LogP contribution is -2.19. The van der Waals surface area contributed by atoms with Gasteiger partial charge in [0.2, 0.25) is 0 Å². The highest BCUT2D eigenvalue weighted by Crippen LogP contribution is 2.57. The molecule has 1 aliphatic heterocycles. The summed E-state index contributed by atoms with van der Waals surface area (Å²) >= 11 is 5.33. The molecular formula is C58H39NOS3. The van der Waals surface area contributed by atoms with E-state index in [1.807, 2.05) is 22.7 Å². The van der Waals surface area contributed by atoms with Gasteiger partial charge < -0.3 is 0 Å². The Hall–Kier alpha value is -6.89. The standard InChI is InChI=1S/C58H39NOS3/c60-55-43-32-42-24-13-14-25-45(42)50-35-53(40-20-9-3-10-21-40)62-57(50)59(44-30-28-38(29-31-44)37-16-5-1-6-17-37)58-51(36-54(63-58)41-22-11-4-12-23-41)47-27-15-26-46(48(47)33-43)49-34-52(61-56(49)55)39-18-7-2-8-19-39/h1-31,34-36,43H,32-33H2. The van der Waals surface area contributed by atoms with E-state index in [1.165, 1.54) is 65.4 Å². The predicted octanol–water partition coefficient (Wildman–Crippen LogP) is 16.9. The molecule has 0 radical (unpaired) electrons. The van der Waals surface area contributed by atoms with Crippen molar-refractivity contribution in [3.05, 3.63) is 222 Å². The summed E-state index contributed by atoms with van der Waals surface area (Å²) in [7, 11) is 0. The molecule has 10 aromatic rings. The zero-order valence-corrected chi connectivity index (χ0v) is 36.7. The first-order valence-electron chi connectivity index (χ1n) is 21.4. The molecule has 2 bridgehead atoms. The van der Waals surface area contributed by atoms with Gasteiger partial charge in [-0.3, -0.25) is 9.69 Å². The summed E-state index contributed by atoms with van der Waals surface area (Å²) in [6.07, 6.45) is 1.28. The molecule has 2 aliphatic rings. The van der Waals surface area contributed by atoms with Crippen molar-refractivity contribution < 1.29 is 4.79 Å². The largest absolute Gasteiger partial charge is 0.293 e. The zero-order valence-electron chi connectivity index (χ0n) is 34.2. The number of hydrogen-bond acceptors (Lipinski definition) is 5. The highest BCUT2D eigenvalue weighted by atomic mass is 32.1. The Balaban J connectivity index is 1.17. The molecule has 4 heterocycles. The Labute approximate surface area is 379 Å². The number of anilines is 3. The number of fused-ring (bicyclic) bond motifs is 8. The summed E-state index contributed by atoms with van der Waals surface area (Å²) in [6.45, 7) is 0. The fraction of sp³-hybridized carbons (Fsp3) is 0.0517. The van der Waals surface area contributed by atoms with Gasteiger partial charge in [-0.15, -0.1) is 34.0 Å². The molecule has 0 N–H and O–H groups in total. The highest BCUT2D eigenvalue weighted by Gasteiger charge is 2.36. The van der Waals surface area contributed by atoms with Crippen molar-refractivity contribution in [3.63, 3.8) is 0 Å². The van der Waals surface area contributed by atoms with Crippen molar-refractivity contribution in [1.82, 2.24) is 0 Å². The second kappa shape index (κ2) is 15.8. The minimum Gasteiger partial charge on any atom is -0.293 e. The molecule has 1 atom stereocenters. The topological polar surface area (TPSA) is 20.3 Å². The van der Waals surface area contributed by atoms with E-state index in [9.17, 15) is 0 Å². The van der Waals surface area contributed by atoms with Gasteiger partial charge >= 0.3 is 0 Å². The predicted molar refractivity (Wildman–Crippen MR) is 268 cm³/mol. The minimum absolute atomic E-state index is 0.234. The van der Waals surface area contributed by atoms with E-state index in [-0.39, 0.29) is 11.7 Å².